The van der Waals surface area contributed by atoms with Gasteiger partial charge in [0.2, 0.25) is 0 Å². The van der Waals surface area contributed by atoms with Gasteiger partial charge in [-0.25, -0.2) is 4.79 Å². The summed E-state index contributed by atoms with van der Waals surface area (Å²) in [5, 5.41) is 9.06. The van der Waals surface area contributed by atoms with E-state index in [4.69, 9.17) is 15.7 Å². The van der Waals surface area contributed by atoms with Crippen LogP contribution in [-0.2, 0) is 4.74 Å². The van der Waals surface area contributed by atoms with E-state index < -0.39 is 5.97 Å². The smallest absolute Gasteiger partial charge is 0.357 e. The van der Waals surface area contributed by atoms with E-state index in [0.717, 1.165) is 4.47 Å². The molecule has 0 fully saturated rings. The van der Waals surface area contributed by atoms with Crippen LogP contribution in [0.4, 0.5) is 5.69 Å². The number of nitrogens with two attached hydrogens (primary N) is 1. The number of methoxy groups -OCH3 is 1. The molecule has 0 spiro atoms. The second kappa shape index (κ2) is 5.61. The molecule has 1 aromatic heterocycles. The molecule has 0 saturated carbocycles. The first-order chi connectivity index (χ1) is 9.51. The Morgan fingerprint density at radius 2 is 2.25 bits per heavy atom. The number of aromatic nitrogens is 1. The molecule has 2 N–H and O–H groups in total. The van der Waals surface area contributed by atoms with Crippen LogP contribution >= 0.6 is 28.6 Å². The Kier molecular flexibility index (Phi) is 4.06. The SMILES string of the molecule is COC(=O)c1c(N)c(C#N)cn1-c1cccc(Br)c1S. The van der Waals surface area contributed by atoms with E-state index in [0.29, 0.717) is 10.6 Å². The Labute approximate surface area is 129 Å². The molecule has 2 aromatic rings. The third kappa shape index (κ3) is 2.28. The van der Waals surface area contributed by atoms with Crippen molar-refractivity contribution >= 4 is 40.2 Å². The topological polar surface area (TPSA) is 81.0 Å². The Balaban J connectivity index is 2.77. The van der Waals surface area contributed by atoms with Gasteiger partial charge >= 0.3 is 5.97 Å². The van der Waals surface area contributed by atoms with Crippen molar-refractivity contribution in [1.82, 2.24) is 4.57 Å². The van der Waals surface area contributed by atoms with Gasteiger partial charge in [-0.1, -0.05) is 6.07 Å². The fourth-order valence-corrected chi connectivity index (χ4v) is 2.42. The van der Waals surface area contributed by atoms with Gasteiger partial charge < -0.3 is 15.0 Å². The Hall–Kier alpha value is -1.91. The Bertz CT molecular complexity index is 734. The number of nitrogens with zero attached hydrogens (tertiary/aromatic N) is 2. The zero-order valence-corrected chi connectivity index (χ0v) is 12.9. The van der Waals surface area contributed by atoms with Crippen LogP contribution in [0.15, 0.2) is 33.8 Å². The molecule has 2 rings (SSSR count). The quantitative estimate of drug-likeness (QED) is 0.643. The molecule has 102 valence electrons. The van der Waals surface area contributed by atoms with E-state index >= 15 is 0 Å². The van der Waals surface area contributed by atoms with Crippen LogP contribution in [0.1, 0.15) is 16.1 Å². The van der Waals surface area contributed by atoms with Crippen molar-refractivity contribution in [3.8, 4) is 11.8 Å². The predicted octanol–water partition coefficient (Wildman–Crippen LogP) is 2.77. The highest BCUT2D eigenvalue weighted by molar-refractivity contribution is 9.10. The first kappa shape index (κ1) is 14.5. The molecule has 0 radical (unpaired) electrons. The number of carbonyl (C=O) groups excluding carboxylic acids is 1. The molecular weight excluding hydrogens is 342 g/mol. The lowest BCUT2D eigenvalue weighted by Crippen LogP contribution is -2.11. The number of nitriles is 1. The fourth-order valence-electron chi connectivity index (χ4n) is 1.80. The molecule has 1 heterocycles. The minimum Gasteiger partial charge on any atom is -0.464 e. The minimum atomic E-state index is -0.614. The number of hydrogen-bond acceptors (Lipinski definition) is 5. The summed E-state index contributed by atoms with van der Waals surface area (Å²) < 4.78 is 6.99. The first-order valence-electron chi connectivity index (χ1n) is 5.48. The number of halogens is 1. The summed E-state index contributed by atoms with van der Waals surface area (Å²) in [4.78, 5) is 12.5. The fraction of sp³-hybridized carbons (Fsp3) is 0.0769. The maximum atomic E-state index is 11.9. The number of thiol groups is 1. The average Bonchev–Trinajstić information content (AvgIpc) is 2.77. The monoisotopic (exact) mass is 351 g/mol. The standard InChI is InChI=1S/C13H10BrN3O2S/c1-19-13(18)11-10(16)7(5-15)6-17(11)9-4-2-3-8(14)12(9)20/h2-4,6,20H,16H2,1H3. The molecule has 1 aromatic carbocycles. The molecule has 0 unspecified atom stereocenters. The number of ether oxygens (including phenoxy) is 1. The van der Waals surface area contributed by atoms with Gasteiger partial charge in [-0.05, 0) is 28.1 Å². The van der Waals surface area contributed by atoms with E-state index in [2.05, 4.69) is 28.6 Å². The van der Waals surface area contributed by atoms with Gasteiger partial charge in [-0.3, -0.25) is 0 Å². The Morgan fingerprint density at radius 3 is 2.85 bits per heavy atom. The van der Waals surface area contributed by atoms with Crippen molar-refractivity contribution in [1.29, 1.82) is 5.26 Å². The molecular formula is C13H10BrN3O2S. The van der Waals surface area contributed by atoms with Gasteiger partial charge in [0.15, 0.2) is 5.69 Å². The average molecular weight is 352 g/mol. The summed E-state index contributed by atoms with van der Waals surface area (Å²) in [6, 6.07) is 7.33. The predicted molar refractivity (Wildman–Crippen MR) is 81.2 cm³/mol. The summed E-state index contributed by atoms with van der Waals surface area (Å²) in [7, 11) is 1.26. The van der Waals surface area contributed by atoms with Gasteiger partial charge in [0.05, 0.1) is 24.0 Å². The van der Waals surface area contributed by atoms with Crippen molar-refractivity contribution in [3.05, 3.63) is 40.1 Å². The van der Waals surface area contributed by atoms with Gasteiger partial charge in [-0.2, -0.15) is 5.26 Å². The number of anilines is 1. The number of nitrogen functional groups attached to an aromatic ring is 1. The van der Waals surface area contributed by atoms with Crippen LogP contribution in [0, 0.1) is 11.3 Å². The van der Waals surface area contributed by atoms with Crippen molar-refractivity contribution in [2.45, 2.75) is 4.90 Å². The van der Waals surface area contributed by atoms with Gasteiger partial charge in [0, 0.05) is 15.6 Å². The summed E-state index contributed by atoms with van der Waals surface area (Å²) in [6.45, 7) is 0. The Morgan fingerprint density at radius 1 is 1.55 bits per heavy atom. The molecule has 7 heteroatoms. The van der Waals surface area contributed by atoms with Crippen molar-refractivity contribution in [2.24, 2.45) is 0 Å². The van der Waals surface area contributed by atoms with Crippen LogP contribution in [-0.4, -0.2) is 17.6 Å². The zero-order valence-electron chi connectivity index (χ0n) is 10.4. The minimum absolute atomic E-state index is 0.0899. The number of rotatable bonds is 2. The summed E-state index contributed by atoms with van der Waals surface area (Å²) >= 11 is 7.76. The number of benzene rings is 1. The lowest BCUT2D eigenvalue weighted by Gasteiger charge is -2.11. The molecule has 5 nitrogen and oxygen atoms in total. The molecule has 0 saturated heterocycles. The van der Waals surface area contributed by atoms with Crippen LogP contribution in [0.3, 0.4) is 0 Å². The summed E-state index contributed by atoms with van der Waals surface area (Å²) in [6.07, 6.45) is 1.49. The van der Waals surface area contributed by atoms with Crippen molar-refractivity contribution in [3.63, 3.8) is 0 Å². The van der Waals surface area contributed by atoms with Crippen LogP contribution in [0.5, 0.6) is 0 Å². The van der Waals surface area contributed by atoms with E-state index in [-0.39, 0.29) is 16.9 Å². The van der Waals surface area contributed by atoms with E-state index in [1.165, 1.54) is 17.9 Å². The highest BCUT2D eigenvalue weighted by atomic mass is 79.9. The third-order valence-electron chi connectivity index (χ3n) is 2.77. The molecule has 20 heavy (non-hydrogen) atoms. The lowest BCUT2D eigenvalue weighted by atomic mass is 10.2. The second-order valence-corrected chi connectivity index (χ2v) is 5.19. The number of carbonyl (C=O) groups is 1. The van der Waals surface area contributed by atoms with E-state index in [9.17, 15) is 4.79 Å². The summed E-state index contributed by atoms with van der Waals surface area (Å²) in [5.74, 6) is -0.614. The van der Waals surface area contributed by atoms with E-state index in [1.54, 1.807) is 12.1 Å². The molecule has 0 bridgehead atoms. The largest absolute Gasteiger partial charge is 0.464 e. The maximum absolute atomic E-state index is 11.9. The molecule has 0 amide bonds. The maximum Gasteiger partial charge on any atom is 0.357 e. The lowest BCUT2D eigenvalue weighted by molar-refractivity contribution is 0.0593. The highest BCUT2D eigenvalue weighted by Crippen LogP contribution is 2.31. The van der Waals surface area contributed by atoms with Gasteiger partial charge in [-0.15, -0.1) is 12.6 Å². The van der Waals surface area contributed by atoms with Crippen LogP contribution in [0.2, 0.25) is 0 Å². The molecule has 0 aliphatic carbocycles. The highest BCUT2D eigenvalue weighted by Gasteiger charge is 2.22. The number of hydrogen-bond donors (Lipinski definition) is 2. The van der Waals surface area contributed by atoms with E-state index in [1.807, 2.05) is 12.1 Å². The second-order valence-electron chi connectivity index (χ2n) is 3.89. The molecule has 0 atom stereocenters. The third-order valence-corrected chi connectivity index (χ3v) is 4.21. The van der Waals surface area contributed by atoms with Gasteiger partial charge in [0.25, 0.3) is 0 Å². The first-order valence-corrected chi connectivity index (χ1v) is 6.72. The van der Waals surface area contributed by atoms with Crippen LogP contribution < -0.4 is 5.73 Å². The molecule has 0 aliphatic heterocycles. The number of esters is 1. The summed E-state index contributed by atoms with van der Waals surface area (Å²) in [5.41, 5.74) is 6.86. The van der Waals surface area contributed by atoms with Crippen molar-refractivity contribution in [2.75, 3.05) is 12.8 Å². The van der Waals surface area contributed by atoms with Gasteiger partial charge in [0.1, 0.15) is 6.07 Å². The molecule has 0 aliphatic rings. The van der Waals surface area contributed by atoms with Crippen LogP contribution in [0.25, 0.3) is 5.69 Å². The zero-order chi connectivity index (χ0) is 14.9. The normalized spacial score (nSPS) is 10.1. The van der Waals surface area contributed by atoms with Crippen molar-refractivity contribution < 1.29 is 9.53 Å².